The number of carbonyl (C=O) groups is 1. The third kappa shape index (κ3) is 3.83. The summed E-state index contributed by atoms with van der Waals surface area (Å²) in [7, 11) is 0. The smallest absolute Gasteiger partial charge is 0.316 e. The van der Waals surface area contributed by atoms with E-state index in [-0.39, 0.29) is 11.2 Å². The third-order valence-corrected chi connectivity index (χ3v) is 4.60. The monoisotopic (exact) mass is 245 g/mol. The van der Waals surface area contributed by atoms with Crippen molar-refractivity contribution in [3.05, 3.63) is 16.1 Å². The molecule has 0 fully saturated rings. The predicted octanol–water partition coefficient (Wildman–Crippen LogP) is 2.79. The fraction of sp³-hybridized carbons (Fsp3) is 0.600. The number of aryl methyl sites for hydroxylation is 1. The fourth-order valence-corrected chi connectivity index (χ4v) is 3.13. The van der Waals surface area contributed by atoms with Gasteiger partial charge in [-0.1, -0.05) is 13.8 Å². The van der Waals surface area contributed by atoms with Gasteiger partial charge in [-0.05, 0) is 12.8 Å². The van der Waals surface area contributed by atoms with Gasteiger partial charge in [-0.3, -0.25) is 4.79 Å². The first kappa shape index (κ1) is 12.5. The van der Waals surface area contributed by atoms with Gasteiger partial charge >= 0.3 is 5.97 Å². The lowest BCUT2D eigenvalue weighted by molar-refractivity contribution is -0.137. The number of hydrogen-bond acceptors (Lipinski definition) is 4. The molecule has 0 amide bonds. The lowest BCUT2D eigenvalue weighted by Gasteiger charge is -2.14. The van der Waals surface area contributed by atoms with E-state index in [1.165, 1.54) is 11.8 Å². The second kappa shape index (κ2) is 5.51. The molecule has 5 heteroatoms. The molecule has 0 bridgehead atoms. The Morgan fingerprint density at radius 1 is 1.67 bits per heavy atom. The summed E-state index contributed by atoms with van der Waals surface area (Å²) in [5.41, 5.74) is 1.01. The molecule has 1 unspecified atom stereocenters. The van der Waals surface area contributed by atoms with Crippen molar-refractivity contribution in [1.82, 2.24) is 4.98 Å². The summed E-state index contributed by atoms with van der Waals surface area (Å²) in [5, 5.41) is 11.6. The first-order chi connectivity index (χ1) is 7.00. The van der Waals surface area contributed by atoms with Crippen molar-refractivity contribution in [3.63, 3.8) is 0 Å². The maximum atomic E-state index is 10.9. The minimum Gasteiger partial charge on any atom is -0.480 e. The molecule has 1 N–H and O–H groups in total. The van der Waals surface area contributed by atoms with E-state index in [9.17, 15) is 4.79 Å². The van der Waals surface area contributed by atoms with Gasteiger partial charge in [0.1, 0.15) is 10.3 Å². The van der Waals surface area contributed by atoms with Crippen molar-refractivity contribution < 1.29 is 9.90 Å². The molecule has 3 nitrogen and oxygen atoms in total. The molecule has 1 heterocycles. The highest BCUT2D eigenvalue weighted by Gasteiger charge is 2.22. The van der Waals surface area contributed by atoms with E-state index in [1.54, 1.807) is 11.3 Å². The molecule has 15 heavy (non-hydrogen) atoms. The Morgan fingerprint density at radius 2 is 2.33 bits per heavy atom. The molecular formula is C10H15NO2S2. The molecule has 0 saturated heterocycles. The fourth-order valence-electron chi connectivity index (χ4n) is 1.18. The number of aromatic nitrogens is 1. The van der Waals surface area contributed by atoms with Gasteiger partial charge in [0, 0.05) is 16.8 Å². The summed E-state index contributed by atoms with van der Waals surface area (Å²) in [5.74, 6) is 0.102. The Morgan fingerprint density at radius 3 is 2.73 bits per heavy atom. The van der Waals surface area contributed by atoms with Crippen molar-refractivity contribution in [2.45, 2.75) is 31.8 Å². The number of thiazole rings is 1. The Kier molecular flexibility index (Phi) is 4.60. The Labute approximate surface area is 97.9 Å². The molecule has 0 aromatic carbocycles. The van der Waals surface area contributed by atoms with Crippen LogP contribution in [0.5, 0.6) is 0 Å². The molecule has 84 valence electrons. The van der Waals surface area contributed by atoms with Gasteiger partial charge < -0.3 is 5.11 Å². The standard InChI is InChI=1S/C10H15NO2S2/c1-6(2)9(10(12)13)15-5-8-11-7(3)4-14-8/h4,6,9H,5H2,1-3H3,(H,12,13). The van der Waals surface area contributed by atoms with Gasteiger partial charge in [-0.2, -0.15) is 0 Å². The van der Waals surface area contributed by atoms with Crippen LogP contribution in [0.1, 0.15) is 24.5 Å². The SMILES string of the molecule is Cc1csc(CSC(C(=O)O)C(C)C)n1. The van der Waals surface area contributed by atoms with E-state index in [1.807, 2.05) is 26.2 Å². The Balaban J connectivity index is 2.50. The van der Waals surface area contributed by atoms with Crippen molar-refractivity contribution >= 4 is 29.1 Å². The average molecular weight is 245 g/mol. The second-order valence-electron chi connectivity index (χ2n) is 3.70. The van der Waals surface area contributed by atoms with Crippen LogP contribution >= 0.6 is 23.1 Å². The summed E-state index contributed by atoms with van der Waals surface area (Å²) >= 11 is 3.04. The van der Waals surface area contributed by atoms with Crippen LogP contribution in [0.15, 0.2) is 5.38 Å². The van der Waals surface area contributed by atoms with Crippen LogP contribution < -0.4 is 0 Å². The Hall–Kier alpha value is -0.550. The van der Waals surface area contributed by atoms with Crippen LogP contribution in [0.4, 0.5) is 0 Å². The van der Waals surface area contributed by atoms with Gasteiger partial charge in [0.25, 0.3) is 0 Å². The lowest BCUT2D eigenvalue weighted by Crippen LogP contribution is -2.22. The number of carboxylic acid groups (broad SMARTS) is 1. The number of aliphatic carboxylic acids is 1. The Bertz CT molecular complexity index is 336. The molecular weight excluding hydrogens is 230 g/mol. The summed E-state index contributed by atoms with van der Waals surface area (Å²) in [6.45, 7) is 5.81. The normalized spacial score (nSPS) is 13.1. The van der Waals surface area contributed by atoms with Gasteiger partial charge in [-0.15, -0.1) is 23.1 Å². The van der Waals surface area contributed by atoms with E-state index < -0.39 is 5.97 Å². The molecule has 0 saturated carbocycles. The first-order valence-electron chi connectivity index (χ1n) is 4.76. The van der Waals surface area contributed by atoms with Crippen molar-refractivity contribution in [2.24, 2.45) is 5.92 Å². The lowest BCUT2D eigenvalue weighted by atomic mass is 10.1. The predicted molar refractivity (Wildman–Crippen MR) is 64.4 cm³/mol. The number of carboxylic acids is 1. The molecule has 0 aliphatic rings. The summed E-state index contributed by atoms with van der Waals surface area (Å²) in [6.07, 6.45) is 0. The highest BCUT2D eigenvalue weighted by atomic mass is 32.2. The molecule has 1 atom stereocenters. The van der Waals surface area contributed by atoms with Crippen LogP contribution in [0, 0.1) is 12.8 Å². The molecule has 1 aromatic rings. The van der Waals surface area contributed by atoms with Gasteiger partial charge in [0.15, 0.2) is 0 Å². The second-order valence-corrected chi connectivity index (χ2v) is 5.77. The molecule has 1 aromatic heterocycles. The van der Waals surface area contributed by atoms with Gasteiger partial charge in [-0.25, -0.2) is 4.98 Å². The van der Waals surface area contributed by atoms with Crippen LogP contribution in [0.2, 0.25) is 0 Å². The zero-order valence-corrected chi connectivity index (χ0v) is 10.7. The summed E-state index contributed by atoms with van der Waals surface area (Å²) in [4.78, 5) is 15.2. The molecule has 1 rings (SSSR count). The van der Waals surface area contributed by atoms with E-state index >= 15 is 0 Å². The number of thioether (sulfide) groups is 1. The molecule has 0 aliphatic heterocycles. The van der Waals surface area contributed by atoms with Crippen molar-refractivity contribution in [3.8, 4) is 0 Å². The van der Waals surface area contributed by atoms with Gasteiger partial charge in [0.05, 0.1) is 0 Å². The van der Waals surface area contributed by atoms with E-state index in [0.717, 1.165) is 10.7 Å². The highest BCUT2D eigenvalue weighted by Crippen LogP contribution is 2.25. The molecule has 0 aliphatic carbocycles. The number of nitrogens with zero attached hydrogens (tertiary/aromatic N) is 1. The topological polar surface area (TPSA) is 50.2 Å². The van der Waals surface area contributed by atoms with Crippen molar-refractivity contribution in [1.29, 1.82) is 0 Å². The minimum atomic E-state index is -0.733. The van der Waals surface area contributed by atoms with E-state index in [2.05, 4.69) is 4.98 Å². The highest BCUT2D eigenvalue weighted by molar-refractivity contribution is 7.99. The average Bonchev–Trinajstić information content (AvgIpc) is 2.50. The van der Waals surface area contributed by atoms with Crippen LogP contribution in [0.3, 0.4) is 0 Å². The largest absolute Gasteiger partial charge is 0.480 e. The van der Waals surface area contributed by atoms with E-state index in [4.69, 9.17) is 5.11 Å². The third-order valence-electron chi connectivity index (χ3n) is 1.90. The maximum absolute atomic E-state index is 10.9. The zero-order chi connectivity index (χ0) is 11.4. The quantitative estimate of drug-likeness (QED) is 0.866. The molecule has 0 radical (unpaired) electrons. The number of rotatable bonds is 5. The molecule has 0 spiro atoms. The van der Waals surface area contributed by atoms with Crippen LogP contribution in [-0.4, -0.2) is 21.3 Å². The van der Waals surface area contributed by atoms with E-state index in [0.29, 0.717) is 5.75 Å². The van der Waals surface area contributed by atoms with Crippen molar-refractivity contribution in [2.75, 3.05) is 0 Å². The summed E-state index contributed by atoms with van der Waals surface area (Å²) in [6, 6.07) is 0. The zero-order valence-electron chi connectivity index (χ0n) is 9.06. The maximum Gasteiger partial charge on any atom is 0.316 e. The minimum absolute atomic E-state index is 0.147. The first-order valence-corrected chi connectivity index (χ1v) is 6.69. The van der Waals surface area contributed by atoms with Crippen LogP contribution in [-0.2, 0) is 10.5 Å². The van der Waals surface area contributed by atoms with Crippen LogP contribution in [0.25, 0.3) is 0 Å². The summed E-state index contributed by atoms with van der Waals surface area (Å²) < 4.78 is 0. The number of hydrogen-bond donors (Lipinski definition) is 1. The van der Waals surface area contributed by atoms with Gasteiger partial charge in [0.2, 0.25) is 0 Å².